The van der Waals surface area contributed by atoms with Crippen molar-refractivity contribution in [3.8, 4) is 0 Å². The zero-order valence-electron chi connectivity index (χ0n) is 19.5. The van der Waals surface area contributed by atoms with Gasteiger partial charge in [-0.25, -0.2) is 0 Å². The number of nitrogens with zero attached hydrogens (tertiary/aromatic N) is 2. The Bertz CT molecular complexity index is 766. The van der Waals surface area contributed by atoms with E-state index in [1.165, 1.54) is 36.0 Å². The SMILES string of the molecule is CCOCC1(CCc2ccccc2)CCN(C(CC)c2cnc(C)cc2CC)CC1. The molecule has 0 spiro atoms. The average Bonchev–Trinajstić information content (AvgIpc) is 2.79. The van der Waals surface area contributed by atoms with E-state index in [0.717, 1.165) is 51.3 Å². The van der Waals surface area contributed by atoms with E-state index >= 15 is 0 Å². The van der Waals surface area contributed by atoms with Crippen molar-refractivity contribution < 1.29 is 4.74 Å². The molecule has 1 unspecified atom stereocenters. The molecule has 0 bridgehead atoms. The highest BCUT2D eigenvalue weighted by Gasteiger charge is 2.36. The van der Waals surface area contributed by atoms with Crippen LogP contribution in [0.25, 0.3) is 0 Å². The van der Waals surface area contributed by atoms with Crippen molar-refractivity contribution in [2.24, 2.45) is 5.41 Å². The summed E-state index contributed by atoms with van der Waals surface area (Å²) < 4.78 is 5.99. The van der Waals surface area contributed by atoms with Crippen LogP contribution < -0.4 is 0 Å². The van der Waals surface area contributed by atoms with Crippen LogP contribution in [-0.4, -0.2) is 36.2 Å². The predicted molar refractivity (Wildman–Crippen MR) is 126 cm³/mol. The zero-order valence-corrected chi connectivity index (χ0v) is 19.5. The Morgan fingerprint density at radius 1 is 1.10 bits per heavy atom. The Hall–Kier alpha value is -1.71. The number of rotatable bonds is 10. The molecule has 1 aliphatic heterocycles. The van der Waals surface area contributed by atoms with Crippen molar-refractivity contribution in [1.82, 2.24) is 9.88 Å². The molecule has 164 valence electrons. The molecule has 0 N–H and O–H groups in total. The number of likely N-dealkylation sites (tertiary alicyclic amines) is 1. The Morgan fingerprint density at radius 2 is 1.83 bits per heavy atom. The normalized spacial score (nSPS) is 17.7. The molecule has 2 aromatic rings. The maximum absolute atomic E-state index is 5.99. The van der Waals surface area contributed by atoms with Crippen LogP contribution >= 0.6 is 0 Å². The Morgan fingerprint density at radius 3 is 2.47 bits per heavy atom. The molecule has 3 rings (SSSR count). The number of benzene rings is 1. The van der Waals surface area contributed by atoms with Gasteiger partial charge >= 0.3 is 0 Å². The molecular formula is C27H40N2O. The van der Waals surface area contributed by atoms with Gasteiger partial charge in [-0.2, -0.15) is 0 Å². The van der Waals surface area contributed by atoms with Gasteiger partial charge < -0.3 is 4.74 Å². The summed E-state index contributed by atoms with van der Waals surface area (Å²) >= 11 is 0. The first kappa shape index (κ1) is 23.0. The fraction of sp³-hybridized carbons (Fsp3) is 0.593. The first-order valence-corrected chi connectivity index (χ1v) is 11.9. The summed E-state index contributed by atoms with van der Waals surface area (Å²) in [5.41, 5.74) is 5.78. The second-order valence-corrected chi connectivity index (χ2v) is 8.96. The molecule has 1 aromatic carbocycles. The fourth-order valence-electron chi connectivity index (χ4n) is 5.06. The maximum Gasteiger partial charge on any atom is 0.0523 e. The summed E-state index contributed by atoms with van der Waals surface area (Å²) in [5.74, 6) is 0. The first-order chi connectivity index (χ1) is 14.6. The number of ether oxygens (including phenoxy) is 1. The fourth-order valence-corrected chi connectivity index (χ4v) is 5.06. The highest BCUT2D eigenvalue weighted by atomic mass is 16.5. The van der Waals surface area contributed by atoms with Crippen molar-refractivity contribution in [2.75, 3.05) is 26.3 Å². The monoisotopic (exact) mass is 408 g/mol. The molecule has 1 atom stereocenters. The second-order valence-electron chi connectivity index (χ2n) is 8.96. The smallest absolute Gasteiger partial charge is 0.0523 e. The Balaban J connectivity index is 1.70. The van der Waals surface area contributed by atoms with Crippen molar-refractivity contribution in [3.63, 3.8) is 0 Å². The van der Waals surface area contributed by atoms with E-state index in [4.69, 9.17) is 4.74 Å². The third-order valence-corrected chi connectivity index (χ3v) is 6.99. The molecule has 1 fully saturated rings. The number of aryl methyl sites for hydroxylation is 3. The molecule has 1 aromatic heterocycles. The van der Waals surface area contributed by atoms with Gasteiger partial charge in [0.05, 0.1) is 6.61 Å². The van der Waals surface area contributed by atoms with Gasteiger partial charge in [0.2, 0.25) is 0 Å². The number of pyridine rings is 1. The molecule has 0 amide bonds. The Labute approximate surface area is 183 Å². The van der Waals surface area contributed by atoms with E-state index < -0.39 is 0 Å². The zero-order chi connectivity index (χ0) is 21.4. The van der Waals surface area contributed by atoms with Crippen LogP contribution in [0.3, 0.4) is 0 Å². The number of aromatic nitrogens is 1. The van der Waals surface area contributed by atoms with Gasteiger partial charge in [-0.15, -0.1) is 0 Å². The summed E-state index contributed by atoms with van der Waals surface area (Å²) in [5, 5.41) is 0. The molecule has 2 heterocycles. The molecule has 3 nitrogen and oxygen atoms in total. The van der Waals surface area contributed by atoms with Gasteiger partial charge in [0.15, 0.2) is 0 Å². The third kappa shape index (κ3) is 5.70. The molecule has 30 heavy (non-hydrogen) atoms. The van der Waals surface area contributed by atoms with E-state index in [1.807, 2.05) is 0 Å². The average molecular weight is 409 g/mol. The highest BCUT2D eigenvalue weighted by Crippen LogP contribution is 2.40. The molecule has 1 aliphatic rings. The standard InChI is InChI=1S/C27H40N2O/c1-5-24-19-22(4)28-20-25(24)26(6-2)29-17-15-27(16-18-29,21-30-7-3)14-13-23-11-9-8-10-12-23/h8-12,19-20,26H,5-7,13-18,21H2,1-4H3. The van der Waals surface area contributed by atoms with E-state index in [0.29, 0.717) is 11.5 Å². The lowest BCUT2D eigenvalue weighted by Crippen LogP contribution is -2.44. The van der Waals surface area contributed by atoms with Crippen LogP contribution in [0.2, 0.25) is 0 Å². The van der Waals surface area contributed by atoms with Crippen molar-refractivity contribution >= 4 is 0 Å². The highest BCUT2D eigenvalue weighted by molar-refractivity contribution is 5.29. The van der Waals surface area contributed by atoms with Crippen LogP contribution in [0.15, 0.2) is 42.6 Å². The summed E-state index contributed by atoms with van der Waals surface area (Å²) in [6.07, 6.45) is 9.16. The van der Waals surface area contributed by atoms with E-state index in [-0.39, 0.29) is 0 Å². The largest absolute Gasteiger partial charge is 0.381 e. The van der Waals surface area contributed by atoms with E-state index in [9.17, 15) is 0 Å². The van der Waals surface area contributed by atoms with Crippen LogP contribution in [0, 0.1) is 12.3 Å². The number of piperidine rings is 1. The van der Waals surface area contributed by atoms with Crippen LogP contribution in [0.1, 0.15) is 74.9 Å². The van der Waals surface area contributed by atoms with Crippen LogP contribution in [-0.2, 0) is 17.6 Å². The van der Waals surface area contributed by atoms with E-state index in [1.54, 1.807) is 0 Å². The lowest BCUT2D eigenvalue weighted by atomic mass is 9.74. The minimum atomic E-state index is 0.305. The topological polar surface area (TPSA) is 25.4 Å². The van der Waals surface area contributed by atoms with Gasteiger partial charge in [0.25, 0.3) is 0 Å². The quantitative estimate of drug-likeness (QED) is 0.471. The lowest BCUT2D eigenvalue weighted by molar-refractivity contribution is -0.0111. The molecule has 1 saturated heterocycles. The molecular weight excluding hydrogens is 368 g/mol. The molecule has 0 radical (unpaired) electrons. The third-order valence-electron chi connectivity index (χ3n) is 6.99. The summed E-state index contributed by atoms with van der Waals surface area (Å²) in [6.45, 7) is 12.8. The number of hydrogen-bond donors (Lipinski definition) is 0. The van der Waals surface area contributed by atoms with Crippen molar-refractivity contribution in [3.05, 3.63) is 65.0 Å². The van der Waals surface area contributed by atoms with Crippen molar-refractivity contribution in [2.45, 2.75) is 72.3 Å². The van der Waals surface area contributed by atoms with Crippen LogP contribution in [0.5, 0.6) is 0 Å². The minimum Gasteiger partial charge on any atom is -0.381 e. The van der Waals surface area contributed by atoms with Gasteiger partial charge in [-0.1, -0.05) is 44.2 Å². The first-order valence-electron chi connectivity index (χ1n) is 11.9. The summed E-state index contributed by atoms with van der Waals surface area (Å²) in [6, 6.07) is 13.7. The molecule has 0 saturated carbocycles. The summed E-state index contributed by atoms with van der Waals surface area (Å²) in [4.78, 5) is 7.34. The second kappa shape index (κ2) is 11.1. The van der Waals surface area contributed by atoms with E-state index in [2.05, 4.69) is 80.2 Å². The van der Waals surface area contributed by atoms with Gasteiger partial charge in [0.1, 0.15) is 0 Å². The number of hydrogen-bond acceptors (Lipinski definition) is 3. The van der Waals surface area contributed by atoms with Crippen LogP contribution in [0.4, 0.5) is 0 Å². The van der Waals surface area contributed by atoms with Crippen molar-refractivity contribution in [1.29, 1.82) is 0 Å². The lowest BCUT2D eigenvalue weighted by Gasteiger charge is -2.45. The van der Waals surface area contributed by atoms with Gasteiger partial charge in [-0.05, 0) is 93.6 Å². The minimum absolute atomic E-state index is 0.305. The predicted octanol–water partition coefficient (Wildman–Crippen LogP) is 6.16. The van der Waals surface area contributed by atoms with Gasteiger partial charge in [-0.3, -0.25) is 9.88 Å². The molecule has 3 heteroatoms. The molecule has 0 aliphatic carbocycles. The van der Waals surface area contributed by atoms with Gasteiger partial charge in [0, 0.05) is 24.5 Å². The summed E-state index contributed by atoms with van der Waals surface area (Å²) in [7, 11) is 0. The maximum atomic E-state index is 5.99. The Kier molecular flexibility index (Phi) is 8.47.